The molecule has 3 heterocycles. The molecule has 0 spiro atoms. The van der Waals surface area contributed by atoms with Gasteiger partial charge in [0.1, 0.15) is 11.7 Å². The first kappa shape index (κ1) is 13.0. The number of nitro benzene ring substituents is 1. The number of nitrogens with zero attached hydrogens (tertiary/aromatic N) is 5. The molecule has 0 atom stereocenters. The van der Waals surface area contributed by atoms with Crippen LogP contribution in [-0.2, 0) is 0 Å². The predicted molar refractivity (Wildman–Crippen MR) is 82.7 cm³/mol. The van der Waals surface area contributed by atoms with E-state index in [0.29, 0.717) is 6.54 Å². The highest BCUT2D eigenvalue weighted by molar-refractivity contribution is 6.14. The maximum absolute atomic E-state index is 11.1. The molecule has 2 aromatic rings. The highest BCUT2D eigenvalue weighted by Crippen LogP contribution is 2.36. The van der Waals surface area contributed by atoms with Crippen molar-refractivity contribution in [3.8, 4) is 5.69 Å². The van der Waals surface area contributed by atoms with E-state index in [1.165, 1.54) is 6.07 Å². The Hall–Kier alpha value is -2.70. The Kier molecular flexibility index (Phi) is 2.46. The number of aromatic nitrogens is 2. The van der Waals surface area contributed by atoms with Crippen LogP contribution in [0.4, 0.5) is 11.5 Å². The molecule has 112 valence electrons. The third-order valence-electron chi connectivity index (χ3n) is 4.06. The van der Waals surface area contributed by atoms with E-state index in [1.54, 1.807) is 18.3 Å². The Morgan fingerprint density at radius 2 is 2.14 bits per heavy atom. The first-order chi connectivity index (χ1) is 10.5. The maximum atomic E-state index is 11.1. The van der Waals surface area contributed by atoms with E-state index in [2.05, 4.69) is 23.8 Å². The number of hydrogen-bond acceptors (Lipinski definition) is 5. The predicted octanol–water partition coefficient (Wildman–Crippen LogP) is 2.39. The number of rotatable bonds is 1. The Morgan fingerprint density at radius 3 is 2.91 bits per heavy atom. The third-order valence-corrected chi connectivity index (χ3v) is 4.06. The Balaban J connectivity index is 1.98. The van der Waals surface area contributed by atoms with Gasteiger partial charge in [-0.2, -0.15) is 5.10 Å². The minimum Gasteiger partial charge on any atom is -0.310 e. The maximum Gasteiger partial charge on any atom is 0.270 e. The summed E-state index contributed by atoms with van der Waals surface area (Å²) in [7, 11) is 0. The van der Waals surface area contributed by atoms with Gasteiger partial charge in [0, 0.05) is 42.3 Å². The molecule has 2 aliphatic rings. The van der Waals surface area contributed by atoms with Crippen molar-refractivity contribution in [1.82, 2.24) is 9.78 Å². The number of anilines is 1. The quantitative estimate of drug-likeness (QED) is 0.598. The Labute approximate surface area is 127 Å². The van der Waals surface area contributed by atoms with Gasteiger partial charge in [-0.1, -0.05) is 13.8 Å². The van der Waals surface area contributed by atoms with Crippen LogP contribution in [0.5, 0.6) is 0 Å². The molecule has 0 aliphatic carbocycles. The summed E-state index contributed by atoms with van der Waals surface area (Å²) in [5.74, 6) is 1.75. The van der Waals surface area contributed by atoms with Crippen LogP contribution < -0.4 is 4.90 Å². The summed E-state index contributed by atoms with van der Waals surface area (Å²) in [4.78, 5) is 17.5. The molecule has 1 aromatic carbocycles. The molecule has 0 radical (unpaired) electrons. The van der Waals surface area contributed by atoms with Gasteiger partial charge in [-0.15, -0.1) is 0 Å². The lowest BCUT2D eigenvalue weighted by Crippen LogP contribution is -2.48. The molecule has 22 heavy (non-hydrogen) atoms. The zero-order valence-electron chi connectivity index (χ0n) is 12.4. The van der Waals surface area contributed by atoms with Gasteiger partial charge in [0.2, 0.25) is 0 Å². The normalized spacial score (nSPS) is 18.1. The van der Waals surface area contributed by atoms with E-state index in [-0.39, 0.29) is 16.0 Å². The number of non-ortho nitro benzene ring substituents is 1. The molecule has 0 bridgehead atoms. The molecule has 0 saturated heterocycles. The average molecular weight is 297 g/mol. The number of amidine groups is 1. The summed E-state index contributed by atoms with van der Waals surface area (Å²) in [6.45, 7) is 5.84. The lowest BCUT2D eigenvalue weighted by molar-refractivity contribution is -0.384. The fraction of sp³-hybridized carbons (Fsp3) is 0.333. The summed E-state index contributed by atoms with van der Waals surface area (Å²) in [5.41, 5.74) is 1.72. The van der Waals surface area contributed by atoms with Gasteiger partial charge in [0.05, 0.1) is 16.8 Å². The minimum atomic E-state index is -0.378. The summed E-state index contributed by atoms with van der Waals surface area (Å²) < 4.78 is 1.82. The molecule has 2 aliphatic heterocycles. The van der Waals surface area contributed by atoms with Crippen molar-refractivity contribution >= 4 is 17.3 Å². The van der Waals surface area contributed by atoms with Crippen LogP contribution in [0.15, 0.2) is 35.5 Å². The molecule has 4 rings (SSSR count). The summed E-state index contributed by atoms with van der Waals surface area (Å²) in [6.07, 6.45) is 1.74. The second-order valence-corrected chi connectivity index (χ2v) is 6.45. The van der Waals surface area contributed by atoms with Crippen LogP contribution in [0.1, 0.15) is 19.4 Å². The molecule has 0 amide bonds. The van der Waals surface area contributed by atoms with Crippen LogP contribution >= 0.6 is 0 Å². The van der Waals surface area contributed by atoms with Crippen molar-refractivity contribution in [2.24, 2.45) is 10.4 Å². The van der Waals surface area contributed by atoms with Crippen molar-refractivity contribution in [2.75, 3.05) is 18.0 Å². The van der Waals surface area contributed by atoms with E-state index in [4.69, 9.17) is 4.99 Å². The average Bonchev–Trinajstić information content (AvgIpc) is 2.95. The molecule has 7 heteroatoms. The van der Waals surface area contributed by atoms with Crippen molar-refractivity contribution < 1.29 is 4.92 Å². The number of nitro groups is 1. The van der Waals surface area contributed by atoms with Gasteiger partial charge < -0.3 is 4.90 Å². The first-order valence-corrected chi connectivity index (χ1v) is 7.11. The van der Waals surface area contributed by atoms with Gasteiger partial charge >= 0.3 is 0 Å². The van der Waals surface area contributed by atoms with Crippen molar-refractivity contribution in [3.05, 3.63) is 46.1 Å². The fourth-order valence-corrected chi connectivity index (χ4v) is 3.03. The van der Waals surface area contributed by atoms with Crippen LogP contribution in [0.25, 0.3) is 5.69 Å². The second-order valence-electron chi connectivity index (χ2n) is 6.45. The number of aliphatic imine (C=N–C) groups is 1. The monoisotopic (exact) mass is 297 g/mol. The van der Waals surface area contributed by atoms with Crippen molar-refractivity contribution in [2.45, 2.75) is 13.8 Å². The topological polar surface area (TPSA) is 76.6 Å². The molecular formula is C15H15N5O2. The van der Waals surface area contributed by atoms with E-state index in [1.807, 2.05) is 10.7 Å². The van der Waals surface area contributed by atoms with Gasteiger partial charge in [-0.3, -0.25) is 15.1 Å². The Morgan fingerprint density at radius 1 is 1.32 bits per heavy atom. The molecule has 0 N–H and O–H groups in total. The lowest BCUT2D eigenvalue weighted by atomic mass is 9.90. The molecule has 0 fully saturated rings. The number of benzene rings is 1. The van der Waals surface area contributed by atoms with Gasteiger partial charge in [-0.05, 0) is 6.07 Å². The molecule has 0 unspecified atom stereocenters. The zero-order chi connectivity index (χ0) is 15.5. The van der Waals surface area contributed by atoms with Gasteiger partial charge in [0.25, 0.3) is 5.69 Å². The molecule has 1 aromatic heterocycles. The van der Waals surface area contributed by atoms with Gasteiger partial charge in [0.15, 0.2) is 0 Å². The highest BCUT2D eigenvalue weighted by atomic mass is 16.6. The number of hydrogen-bond donors (Lipinski definition) is 0. The van der Waals surface area contributed by atoms with E-state index < -0.39 is 0 Å². The van der Waals surface area contributed by atoms with E-state index in [0.717, 1.165) is 29.4 Å². The van der Waals surface area contributed by atoms with Crippen LogP contribution in [0.3, 0.4) is 0 Å². The summed E-state index contributed by atoms with van der Waals surface area (Å²) >= 11 is 0. The van der Waals surface area contributed by atoms with Crippen LogP contribution in [0.2, 0.25) is 0 Å². The first-order valence-electron chi connectivity index (χ1n) is 7.11. The van der Waals surface area contributed by atoms with Crippen LogP contribution in [-0.4, -0.2) is 33.6 Å². The molecule has 0 saturated carbocycles. The summed E-state index contributed by atoms with van der Waals surface area (Å²) in [5, 5.41) is 15.4. The SMILES string of the molecule is CC1(C)CN=C2c3cc([N+](=O)[O-])ccc3-n3nccc3N2C1. The van der Waals surface area contributed by atoms with Crippen molar-refractivity contribution in [3.63, 3.8) is 0 Å². The van der Waals surface area contributed by atoms with Gasteiger partial charge in [-0.25, -0.2) is 4.68 Å². The van der Waals surface area contributed by atoms with E-state index in [9.17, 15) is 10.1 Å². The smallest absolute Gasteiger partial charge is 0.270 e. The highest BCUT2D eigenvalue weighted by Gasteiger charge is 2.36. The van der Waals surface area contributed by atoms with E-state index >= 15 is 0 Å². The van der Waals surface area contributed by atoms with Crippen LogP contribution in [0, 0.1) is 15.5 Å². The fourth-order valence-electron chi connectivity index (χ4n) is 3.03. The lowest BCUT2D eigenvalue weighted by Gasteiger charge is -2.40. The third kappa shape index (κ3) is 1.75. The minimum absolute atomic E-state index is 0.0524. The second kappa shape index (κ2) is 4.16. The molecular weight excluding hydrogens is 282 g/mol. The standard InChI is InChI=1S/C15H15N5O2/c1-15(2)8-16-14-11-7-10(20(21)22)3-4-12(11)19-13(5-6-17-19)18(14)9-15/h3-7H,8-9H2,1-2H3. The molecule has 7 nitrogen and oxygen atoms in total. The van der Waals surface area contributed by atoms with Crippen molar-refractivity contribution in [1.29, 1.82) is 0 Å². The summed E-state index contributed by atoms with van der Waals surface area (Å²) in [6, 6.07) is 6.78. The Bertz CT molecular complexity index is 821. The largest absolute Gasteiger partial charge is 0.310 e. The number of fused-ring (bicyclic) bond motifs is 6. The zero-order valence-corrected chi connectivity index (χ0v) is 12.4.